The number of hydrogen-bond donors (Lipinski definition) is 1. The maximum absolute atomic E-state index is 12.1. The van der Waals surface area contributed by atoms with E-state index in [0.717, 1.165) is 0 Å². The second-order valence-corrected chi connectivity index (χ2v) is 6.41. The lowest BCUT2D eigenvalue weighted by Crippen LogP contribution is -2.39. The minimum Gasteiger partial charge on any atom is -0.464 e. The fourth-order valence-corrected chi connectivity index (χ4v) is 3.28. The fraction of sp³-hybridized carbons (Fsp3) is 0.333. The molecule has 0 amide bonds. The van der Waals surface area contributed by atoms with Crippen LogP contribution in [0.5, 0.6) is 0 Å². The van der Waals surface area contributed by atoms with Crippen LogP contribution in [0.3, 0.4) is 0 Å². The SMILES string of the molecule is COCC(=O)[C@H](C)NCC(=O)OCC1c2ccccc2-c2ccccc21. The smallest absolute Gasteiger partial charge is 0.319 e. The molecule has 5 nitrogen and oxygen atoms in total. The van der Waals surface area contributed by atoms with Gasteiger partial charge in [-0.25, -0.2) is 0 Å². The highest BCUT2D eigenvalue weighted by Crippen LogP contribution is 2.44. The third-order valence-electron chi connectivity index (χ3n) is 4.70. The molecular weight excluding hydrogens is 330 g/mol. The van der Waals surface area contributed by atoms with Crippen molar-refractivity contribution in [2.75, 3.05) is 26.9 Å². The van der Waals surface area contributed by atoms with Crippen molar-refractivity contribution in [3.8, 4) is 11.1 Å². The Kier molecular flexibility index (Phi) is 5.81. The van der Waals surface area contributed by atoms with Crippen LogP contribution in [-0.4, -0.2) is 44.7 Å². The van der Waals surface area contributed by atoms with E-state index < -0.39 is 6.04 Å². The third kappa shape index (κ3) is 3.84. The summed E-state index contributed by atoms with van der Waals surface area (Å²) in [5.74, 6) is -0.429. The summed E-state index contributed by atoms with van der Waals surface area (Å²) >= 11 is 0. The number of methoxy groups -OCH3 is 1. The molecule has 0 radical (unpaired) electrons. The Morgan fingerprint density at radius 3 is 2.19 bits per heavy atom. The van der Waals surface area contributed by atoms with Crippen molar-refractivity contribution in [2.45, 2.75) is 18.9 Å². The third-order valence-corrected chi connectivity index (χ3v) is 4.70. The first-order valence-electron chi connectivity index (χ1n) is 8.70. The average Bonchev–Trinajstić information content (AvgIpc) is 2.98. The largest absolute Gasteiger partial charge is 0.464 e. The maximum atomic E-state index is 12.1. The van der Waals surface area contributed by atoms with Crippen molar-refractivity contribution >= 4 is 11.8 Å². The molecule has 0 saturated carbocycles. The van der Waals surface area contributed by atoms with E-state index >= 15 is 0 Å². The first-order chi connectivity index (χ1) is 12.6. The van der Waals surface area contributed by atoms with Crippen molar-refractivity contribution in [1.82, 2.24) is 5.32 Å². The number of nitrogens with one attached hydrogen (secondary N) is 1. The Bertz CT molecular complexity index is 757. The van der Waals surface area contributed by atoms with Gasteiger partial charge < -0.3 is 9.47 Å². The van der Waals surface area contributed by atoms with E-state index in [4.69, 9.17) is 9.47 Å². The van der Waals surface area contributed by atoms with Crippen molar-refractivity contribution in [2.24, 2.45) is 0 Å². The Labute approximate surface area is 153 Å². The van der Waals surface area contributed by atoms with Crippen LogP contribution in [0.4, 0.5) is 0 Å². The molecule has 0 unspecified atom stereocenters. The highest BCUT2D eigenvalue weighted by molar-refractivity contribution is 5.85. The lowest BCUT2D eigenvalue weighted by molar-refractivity contribution is -0.143. The fourth-order valence-electron chi connectivity index (χ4n) is 3.28. The Morgan fingerprint density at radius 1 is 1.04 bits per heavy atom. The van der Waals surface area contributed by atoms with Gasteiger partial charge in [-0.1, -0.05) is 48.5 Å². The summed E-state index contributed by atoms with van der Waals surface area (Å²) < 4.78 is 10.3. The van der Waals surface area contributed by atoms with E-state index in [1.807, 2.05) is 24.3 Å². The molecule has 0 fully saturated rings. The lowest BCUT2D eigenvalue weighted by Gasteiger charge is -2.15. The van der Waals surface area contributed by atoms with Gasteiger partial charge in [-0.15, -0.1) is 0 Å². The summed E-state index contributed by atoms with van der Waals surface area (Å²) in [6.45, 7) is 2.01. The molecule has 5 heteroatoms. The summed E-state index contributed by atoms with van der Waals surface area (Å²) in [6.07, 6.45) is 0. The number of carbonyl (C=O) groups is 2. The molecule has 3 rings (SSSR count). The van der Waals surface area contributed by atoms with Gasteiger partial charge >= 0.3 is 5.97 Å². The number of esters is 1. The van der Waals surface area contributed by atoms with Crippen LogP contribution in [0.25, 0.3) is 11.1 Å². The van der Waals surface area contributed by atoms with Crippen LogP contribution < -0.4 is 5.32 Å². The molecule has 1 aliphatic rings. The van der Waals surface area contributed by atoms with E-state index in [0.29, 0.717) is 0 Å². The van der Waals surface area contributed by atoms with Gasteiger partial charge in [-0.3, -0.25) is 14.9 Å². The minimum atomic E-state index is -0.449. The summed E-state index contributed by atoms with van der Waals surface area (Å²) in [4.78, 5) is 23.7. The zero-order chi connectivity index (χ0) is 18.5. The number of ketones is 1. The maximum Gasteiger partial charge on any atom is 0.319 e. The number of ether oxygens (including phenoxy) is 2. The van der Waals surface area contributed by atoms with Crippen molar-refractivity contribution in [1.29, 1.82) is 0 Å². The molecule has 1 N–H and O–H groups in total. The number of benzene rings is 2. The number of carbonyl (C=O) groups excluding carboxylic acids is 2. The van der Waals surface area contributed by atoms with Gasteiger partial charge in [-0.05, 0) is 29.2 Å². The number of fused-ring (bicyclic) bond motifs is 3. The zero-order valence-corrected chi connectivity index (χ0v) is 15.0. The van der Waals surface area contributed by atoms with Crippen LogP contribution in [-0.2, 0) is 19.1 Å². The summed E-state index contributed by atoms with van der Waals surface area (Å²) in [5, 5.41) is 2.88. The van der Waals surface area contributed by atoms with Crippen molar-refractivity contribution < 1.29 is 19.1 Å². The standard InChI is InChI=1S/C21H23NO4/c1-14(20(23)13-25-2)22-11-21(24)26-12-19-17-9-5-3-7-15(17)16-8-4-6-10-18(16)19/h3-10,14,19,22H,11-13H2,1-2H3/t14-/m0/s1. The van der Waals surface area contributed by atoms with E-state index in [2.05, 4.69) is 29.6 Å². The van der Waals surface area contributed by atoms with Crippen molar-refractivity contribution in [3.05, 3.63) is 59.7 Å². The van der Waals surface area contributed by atoms with Gasteiger partial charge in [0.2, 0.25) is 0 Å². The monoisotopic (exact) mass is 353 g/mol. The molecule has 0 aliphatic heterocycles. The average molecular weight is 353 g/mol. The van der Waals surface area contributed by atoms with Gasteiger partial charge in [0.15, 0.2) is 5.78 Å². The molecule has 2 aromatic rings. The van der Waals surface area contributed by atoms with E-state index in [9.17, 15) is 9.59 Å². The molecule has 0 bridgehead atoms. The van der Waals surface area contributed by atoms with Crippen LogP contribution in [0.2, 0.25) is 0 Å². The van der Waals surface area contributed by atoms with E-state index in [-0.39, 0.29) is 37.4 Å². The molecule has 1 atom stereocenters. The number of Topliss-reactive ketones (excluding diaryl/α,β-unsaturated/α-hetero) is 1. The Balaban J connectivity index is 1.60. The van der Waals surface area contributed by atoms with E-state index in [1.54, 1.807) is 6.92 Å². The van der Waals surface area contributed by atoms with Gasteiger partial charge in [0.25, 0.3) is 0 Å². The normalized spacial score (nSPS) is 13.8. The highest BCUT2D eigenvalue weighted by atomic mass is 16.5. The van der Waals surface area contributed by atoms with Crippen LogP contribution in [0.1, 0.15) is 24.0 Å². The lowest BCUT2D eigenvalue weighted by atomic mass is 9.98. The van der Waals surface area contributed by atoms with Gasteiger partial charge in [-0.2, -0.15) is 0 Å². The van der Waals surface area contributed by atoms with Crippen LogP contribution in [0, 0.1) is 0 Å². The second-order valence-electron chi connectivity index (χ2n) is 6.41. The highest BCUT2D eigenvalue weighted by Gasteiger charge is 2.29. The molecule has 0 heterocycles. The molecular formula is C21H23NO4. The van der Waals surface area contributed by atoms with Gasteiger partial charge in [0.1, 0.15) is 13.2 Å². The van der Waals surface area contributed by atoms with E-state index in [1.165, 1.54) is 29.4 Å². The molecule has 1 aliphatic carbocycles. The molecule has 0 aromatic heterocycles. The summed E-state index contributed by atoms with van der Waals surface area (Å²) in [7, 11) is 1.47. The Morgan fingerprint density at radius 2 is 1.62 bits per heavy atom. The van der Waals surface area contributed by atoms with Crippen molar-refractivity contribution in [3.63, 3.8) is 0 Å². The number of rotatable bonds is 8. The number of hydrogen-bond acceptors (Lipinski definition) is 5. The molecule has 26 heavy (non-hydrogen) atoms. The quantitative estimate of drug-likeness (QED) is 0.739. The minimum absolute atomic E-state index is 0.00731. The topological polar surface area (TPSA) is 64.6 Å². The van der Waals surface area contributed by atoms with Gasteiger partial charge in [0, 0.05) is 13.0 Å². The second kappa shape index (κ2) is 8.25. The summed E-state index contributed by atoms with van der Waals surface area (Å²) in [6, 6.07) is 16.0. The molecule has 136 valence electrons. The molecule has 2 aromatic carbocycles. The predicted octanol–water partition coefficient (Wildman–Crippen LogP) is 2.54. The van der Waals surface area contributed by atoms with Crippen LogP contribution >= 0.6 is 0 Å². The first kappa shape index (κ1) is 18.3. The predicted molar refractivity (Wildman–Crippen MR) is 99.0 cm³/mol. The summed E-state index contributed by atoms with van der Waals surface area (Å²) in [5.41, 5.74) is 4.75. The van der Waals surface area contributed by atoms with Crippen LogP contribution in [0.15, 0.2) is 48.5 Å². The molecule has 0 saturated heterocycles. The molecule has 0 spiro atoms. The zero-order valence-electron chi connectivity index (χ0n) is 15.0. The first-order valence-corrected chi connectivity index (χ1v) is 8.70. The van der Waals surface area contributed by atoms with Gasteiger partial charge in [0.05, 0.1) is 12.6 Å². The Hall–Kier alpha value is -2.50.